The van der Waals surface area contributed by atoms with E-state index >= 15 is 0 Å². The number of ether oxygens (including phenoxy) is 2. The second-order valence-corrected chi connectivity index (χ2v) is 7.61. The van der Waals surface area contributed by atoms with Crippen LogP contribution in [0.1, 0.15) is 15.6 Å². The Balaban J connectivity index is 2.26. The molecule has 1 N–H and O–H groups in total. The van der Waals surface area contributed by atoms with Crippen LogP contribution in [0.3, 0.4) is 0 Å². The molecule has 0 unspecified atom stereocenters. The Hall–Kier alpha value is -1.64. The maximum Gasteiger partial charge on any atom is 0.244 e. The van der Waals surface area contributed by atoms with Crippen LogP contribution >= 0.6 is 11.3 Å². The highest BCUT2D eigenvalue weighted by molar-refractivity contribution is 7.89. The molecule has 0 aliphatic carbocycles. The van der Waals surface area contributed by atoms with Crippen molar-refractivity contribution in [3.05, 3.63) is 33.8 Å². The van der Waals surface area contributed by atoms with Crippen LogP contribution in [0, 0.1) is 13.8 Å². The molecule has 1 aromatic heterocycles. The van der Waals surface area contributed by atoms with Gasteiger partial charge in [0.05, 0.1) is 26.5 Å². The first-order chi connectivity index (χ1) is 10.4. The highest BCUT2D eigenvalue weighted by Crippen LogP contribution is 2.28. The summed E-state index contributed by atoms with van der Waals surface area (Å²) in [5, 5.41) is 0.723. The first kappa shape index (κ1) is 16.7. The van der Waals surface area contributed by atoms with Crippen molar-refractivity contribution in [2.24, 2.45) is 0 Å². The monoisotopic (exact) mass is 342 g/mol. The van der Waals surface area contributed by atoms with Gasteiger partial charge in [0.25, 0.3) is 0 Å². The minimum Gasteiger partial charge on any atom is -0.497 e. The molecule has 8 heteroatoms. The molecule has 22 heavy (non-hydrogen) atoms. The number of thiazole rings is 1. The van der Waals surface area contributed by atoms with Crippen molar-refractivity contribution in [3.8, 4) is 11.5 Å². The number of nitrogens with one attached hydrogen (secondary N) is 1. The molecule has 1 heterocycles. The van der Waals surface area contributed by atoms with Gasteiger partial charge in [0.2, 0.25) is 10.0 Å². The second kappa shape index (κ2) is 6.64. The Kier molecular flexibility index (Phi) is 5.05. The third-order valence-electron chi connectivity index (χ3n) is 3.15. The predicted octanol–water partition coefficient (Wildman–Crippen LogP) is 2.26. The molecule has 0 saturated heterocycles. The lowest BCUT2D eigenvalue weighted by Crippen LogP contribution is -2.23. The van der Waals surface area contributed by atoms with Crippen molar-refractivity contribution in [2.75, 3.05) is 14.2 Å². The van der Waals surface area contributed by atoms with Gasteiger partial charge < -0.3 is 9.47 Å². The topological polar surface area (TPSA) is 77.5 Å². The summed E-state index contributed by atoms with van der Waals surface area (Å²) in [6.07, 6.45) is 0. The molecule has 0 amide bonds. The Morgan fingerprint density at radius 3 is 2.50 bits per heavy atom. The van der Waals surface area contributed by atoms with E-state index in [1.807, 2.05) is 13.8 Å². The molecule has 0 atom stereocenters. The van der Waals surface area contributed by atoms with Crippen molar-refractivity contribution in [1.29, 1.82) is 0 Å². The number of methoxy groups -OCH3 is 2. The molecule has 2 rings (SSSR count). The summed E-state index contributed by atoms with van der Waals surface area (Å²) in [6.45, 7) is 3.99. The molecular formula is C14H18N2O4S2. The Morgan fingerprint density at radius 1 is 1.23 bits per heavy atom. The van der Waals surface area contributed by atoms with Gasteiger partial charge in [0.1, 0.15) is 21.4 Å². The molecule has 120 valence electrons. The van der Waals surface area contributed by atoms with Gasteiger partial charge >= 0.3 is 0 Å². The molecule has 1 aromatic carbocycles. The van der Waals surface area contributed by atoms with Crippen LogP contribution in [0.4, 0.5) is 0 Å². The van der Waals surface area contributed by atoms with Crippen LogP contribution in [0.2, 0.25) is 0 Å². The smallest absolute Gasteiger partial charge is 0.244 e. The van der Waals surface area contributed by atoms with Gasteiger partial charge in [0.15, 0.2) is 0 Å². The van der Waals surface area contributed by atoms with E-state index < -0.39 is 10.0 Å². The summed E-state index contributed by atoms with van der Waals surface area (Å²) in [4.78, 5) is 5.44. The van der Waals surface area contributed by atoms with Crippen molar-refractivity contribution >= 4 is 21.4 Å². The number of sulfonamides is 1. The van der Waals surface area contributed by atoms with Gasteiger partial charge in [-0.3, -0.25) is 0 Å². The number of hydrogen-bond acceptors (Lipinski definition) is 6. The van der Waals surface area contributed by atoms with E-state index in [4.69, 9.17) is 9.47 Å². The first-order valence-electron chi connectivity index (χ1n) is 6.52. The predicted molar refractivity (Wildman–Crippen MR) is 85.2 cm³/mol. The molecule has 6 nitrogen and oxygen atoms in total. The molecule has 0 aliphatic rings. The van der Waals surface area contributed by atoms with E-state index in [0.717, 1.165) is 15.6 Å². The van der Waals surface area contributed by atoms with E-state index in [1.165, 1.54) is 31.6 Å². The average Bonchev–Trinajstić information content (AvgIpc) is 2.83. The highest BCUT2D eigenvalue weighted by atomic mass is 32.2. The average molecular weight is 342 g/mol. The molecular weight excluding hydrogens is 324 g/mol. The number of aryl methyl sites for hydroxylation is 2. The third-order valence-corrected chi connectivity index (χ3v) is 5.64. The summed E-state index contributed by atoms with van der Waals surface area (Å²) in [5.41, 5.74) is 0.915. The Bertz CT molecular complexity index is 750. The summed E-state index contributed by atoms with van der Waals surface area (Å²) in [7, 11) is -0.822. The maximum absolute atomic E-state index is 12.5. The summed E-state index contributed by atoms with van der Waals surface area (Å²) >= 11 is 1.47. The van der Waals surface area contributed by atoms with Gasteiger partial charge in [-0.2, -0.15) is 0 Å². The SMILES string of the molecule is COc1ccc(OC)c(S(=O)(=O)NCc2nc(C)c(C)s2)c1. The van der Waals surface area contributed by atoms with Gasteiger partial charge in [0, 0.05) is 10.9 Å². The molecule has 0 saturated carbocycles. The number of rotatable bonds is 6. The number of nitrogens with zero attached hydrogens (tertiary/aromatic N) is 1. The van der Waals surface area contributed by atoms with Crippen LogP contribution in [-0.2, 0) is 16.6 Å². The number of benzene rings is 1. The van der Waals surface area contributed by atoms with Gasteiger partial charge in [-0.1, -0.05) is 0 Å². The van der Waals surface area contributed by atoms with E-state index in [1.54, 1.807) is 12.1 Å². The minimum absolute atomic E-state index is 0.0411. The first-order valence-corrected chi connectivity index (χ1v) is 8.82. The molecule has 0 spiro atoms. The van der Waals surface area contributed by atoms with Crippen LogP contribution < -0.4 is 14.2 Å². The summed E-state index contributed by atoms with van der Waals surface area (Å²) in [5.74, 6) is 0.710. The largest absolute Gasteiger partial charge is 0.497 e. The highest BCUT2D eigenvalue weighted by Gasteiger charge is 2.21. The van der Waals surface area contributed by atoms with Crippen LogP contribution in [-0.4, -0.2) is 27.6 Å². The molecule has 0 aliphatic heterocycles. The Morgan fingerprint density at radius 2 is 1.95 bits per heavy atom. The lowest BCUT2D eigenvalue weighted by Gasteiger charge is -2.11. The third kappa shape index (κ3) is 3.57. The zero-order valence-corrected chi connectivity index (χ0v) is 14.5. The van der Waals surface area contributed by atoms with E-state index in [9.17, 15) is 8.42 Å². The lowest BCUT2D eigenvalue weighted by molar-refractivity contribution is 0.392. The quantitative estimate of drug-likeness (QED) is 0.871. The molecule has 0 fully saturated rings. The molecule has 0 bridgehead atoms. The van der Waals surface area contributed by atoms with Gasteiger partial charge in [-0.15, -0.1) is 11.3 Å². The zero-order chi connectivity index (χ0) is 16.3. The lowest BCUT2D eigenvalue weighted by atomic mass is 10.3. The minimum atomic E-state index is -3.73. The van der Waals surface area contributed by atoms with Crippen molar-refractivity contribution in [3.63, 3.8) is 0 Å². The van der Waals surface area contributed by atoms with Crippen LogP contribution in [0.5, 0.6) is 11.5 Å². The van der Waals surface area contributed by atoms with E-state index in [0.29, 0.717) is 5.75 Å². The van der Waals surface area contributed by atoms with Crippen molar-refractivity contribution in [2.45, 2.75) is 25.3 Å². The fourth-order valence-electron chi connectivity index (χ4n) is 1.84. The van der Waals surface area contributed by atoms with Crippen molar-refractivity contribution < 1.29 is 17.9 Å². The van der Waals surface area contributed by atoms with E-state index in [2.05, 4.69) is 9.71 Å². The zero-order valence-electron chi connectivity index (χ0n) is 12.8. The van der Waals surface area contributed by atoms with Crippen LogP contribution in [0.25, 0.3) is 0 Å². The normalized spacial score (nSPS) is 11.5. The molecule has 2 aromatic rings. The fraction of sp³-hybridized carbons (Fsp3) is 0.357. The van der Waals surface area contributed by atoms with Gasteiger partial charge in [-0.25, -0.2) is 18.1 Å². The van der Waals surface area contributed by atoms with Crippen molar-refractivity contribution in [1.82, 2.24) is 9.71 Å². The summed E-state index contributed by atoms with van der Waals surface area (Å²) < 4.78 is 37.7. The molecule has 0 radical (unpaired) electrons. The Labute approximate surface area is 134 Å². The number of aromatic nitrogens is 1. The standard InChI is InChI=1S/C14H18N2O4S2/c1-9-10(2)21-14(16-9)8-15-22(17,18)13-7-11(19-3)5-6-12(13)20-4/h5-7,15H,8H2,1-4H3. The second-order valence-electron chi connectivity index (χ2n) is 4.59. The number of hydrogen-bond donors (Lipinski definition) is 1. The summed E-state index contributed by atoms with van der Waals surface area (Å²) in [6, 6.07) is 4.63. The maximum atomic E-state index is 12.5. The fourth-order valence-corrected chi connectivity index (χ4v) is 3.98. The van der Waals surface area contributed by atoms with E-state index in [-0.39, 0.29) is 17.2 Å². The van der Waals surface area contributed by atoms with Gasteiger partial charge in [-0.05, 0) is 26.0 Å². The van der Waals surface area contributed by atoms with Crippen LogP contribution in [0.15, 0.2) is 23.1 Å².